The van der Waals surface area contributed by atoms with Gasteiger partial charge in [-0.05, 0) is 59.5 Å². The number of nitrogens with one attached hydrogen (secondary N) is 1. The van der Waals surface area contributed by atoms with Crippen LogP contribution in [-0.2, 0) is 34.8 Å². The molecule has 8 nitrogen and oxygen atoms in total. The lowest BCUT2D eigenvalue weighted by molar-refractivity contribution is -0.139. The molecule has 2 heterocycles. The van der Waals surface area contributed by atoms with Crippen molar-refractivity contribution in [2.75, 3.05) is 6.54 Å². The van der Waals surface area contributed by atoms with Gasteiger partial charge in [0.1, 0.15) is 0 Å². The van der Waals surface area contributed by atoms with Crippen molar-refractivity contribution in [3.63, 3.8) is 0 Å². The Bertz CT molecular complexity index is 1970. The molecule has 0 saturated heterocycles. The maximum Gasteiger partial charge on any atom is 0.330 e. The van der Waals surface area contributed by atoms with Crippen molar-refractivity contribution in [1.29, 1.82) is 0 Å². The van der Waals surface area contributed by atoms with E-state index in [0.29, 0.717) is 34.1 Å². The van der Waals surface area contributed by atoms with E-state index in [-0.39, 0.29) is 11.4 Å². The summed E-state index contributed by atoms with van der Waals surface area (Å²) in [4.78, 5) is 26.2. The van der Waals surface area contributed by atoms with Crippen LogP contribution in [0.3, 0.4) is 0 Å². The number of aryl methyl sites for hydroxylation is 1. The molecule has 5 aromatic rings. The van der Waals surface area contributed by atoms with Crippen molar-refractivity contribution >= 4 is 59.6 Å². The molecule has 1 aliphatic rings. The van der Waals surface area contributed by atoms with Gasteiger partial charge in [-0.2, -0.15) is 4.31 Å². The fourth-order valence-corrected chi connectivity index (χ4v) is 7.62. The standard InChI is InChI=1S/C31H26BrN3O5S/c1-34-26-10-3-2-8-24(26)28-25(9-5-11-27(28)34)30(36)33-29(31(37)38)20-13-12-19-14-15-35(18-21(19)16-20)41(39,40)23-7-4-6-22(32)17-23/h2-13,16-17,29H,14-15,18H2,1H3,(H,33,36)(H,37,38). The Kier molecular flexibility index (Phi) is 6.93. The summed E-state index contributed by atoms with van der Waals surface area (Å²) in [6.45, 7) is 0.420. The third-order valence-electron chi connectivity index (χ3n) is 7.68. The van der Waals surface area contributed by atoms with Gasteiger partial charge in [0.25, 0.3) is 5.91 Å². The van der Waals surface area contributed by atoms with Gasteiger partial charge in [0.15, 0.2) is 6.04 Å². The van der Waals surface area contributed by atoms with Gasteiger partial charge < -0.3 is 15.0 Å². The summed E-state index contributed by atoms with van der Waals surface area (Å²) in [6.07, 6.45) is 0.496. The number of carbonyl (C=O) groups excluding carboxylic acids is 1. The summed E-state index contributed by atoms with van der Waals surface area (Å²) >= 11 is 3.33. The van der Waals surface area contributed by atoms with Crippen LogP contribution in [0.2, 0.25) is 0 Å². The van der Waals surface area contributed by atoms with Gasteiger partial charge in [0, 0.05) is 52.0 Å². The maximum absolute atomic E-state index is 13.6. The predicted octanol–water partition coefficient (Wildman–Crippen LogP) is 5.40. The van der Waals surface area contributed by atoms with E-state index in [9.17, 15) is 23.1 Å². The van der Waals surface area contributed by atoms with Crippen molar-refractivity contribution in [3.05, 3.63) is 112 Å². The third-order valence-corrected chi connectivity index (χ3v) is 10.0. The fraction of sp³-hybridized carbons (Fsp3) is 0.161. The lowest BCUT2D eigenvalue weighted by Gasteiger charge is -2.29. The van der Waals surface area contributed by atoms with Crippen LogP contribution in [0.25, 0.3) is 21.8 Å². The summed E-state index contributed by atoms with van der Waals surface area (Å²) in [5.41, 5.74) is 4.25. The lowest BCUT2D eigenvalue weighted by Crippen LogP contribution is -2.37. The Morgan fingerprint density at radius 3 is 2.46 bits per heavy atom. The molecule has 2 N–H and O–H groups in total. The van der Waals surface area contributed by atoms with Crippen LogP contribution in [0.4, 0.5) is 0 Å². The molecule has 1 aliphatic heterocycles. The number of hydrogen-bond donors (Lipinski definition) is 2. The SMILES string of the molecule is Cn1c2ccccc2c2c(C(=O)NC(C(=O)O)c3ccc4c(c3)CN(S(=O)(=O)c3cccc(Br)c3)CC4)cccc21. The summed E-state index contributed by atoms with van der Waals surface area (Å²) in [5.74, 6) is -1.71. The molecule has 10 heteroatoms. The van der Waals surface area contributed by atoms with Crippen LogP contribution in [0.5, 0.6) is 0 Å². The average molecular weight is 633 g/mol. The summed E-state index contributed by atoms with van der Waals surface area (Å²) in [7, 11) is -1.82. The monoisotopic (exact) mass is 631 g/mol. The molecule has 0 saturated carbocycles. The second-order valence-corrected chi connectivity index (χ2v) is 12.9. The zero-order valence-corrected chi connectivity index (χ0v) is 24.4. The molecular weight excluding hydrogens is 606 g/mol. The van der Waals surface area contributed by atoms with E-state index in [1.807, 2.05) is 48.0 Å². The largest absolute Gasteiger partial charge is 0.479 e. The highest BCUT2D eigenvalue weighted by Gasteiger charge is 2.30. The summed E-state index contributed by atoms with van der Waals surface area (Å²) in [5, 5.41) is 14.5. The van der Waals surface area contributed by atoms with Gasteiger partial charge in [-0.15, -0.1) is 0 Å². The van der Waals surface area contributed by atoms with Gasteiger partial charge in [-0.3, -0.25) is 4.79 Å². The quantitative estimate of drug-likeness (QED) is 0.261. The Hall–Kier alpha value is -3.99. The first-order valence-electron chi connectivity index (χ1n) is 13.0. The molecule has 41 heavy (non-hydrogen) atoms. The second kappa shape index (κ2) is 10.4. The first kappa shape index (κ1) is 27.2. The number of para-hydroxylation sites is 1. The fourth-order valence-electron chi connectivity index (χ4n) is 5.61. The normalized spacial score (nSPS) is 14.6. The number of benzene rings is 4. The van der Waals surface area contributed by atoms with Gasteiger partial charge in [0.2, 0.25) is 10.0 Å². The van der Waals surface area contributed by atoms with Crippen LogP contribution in [-0.4, -0.2) is 40.8 Å². The molecule has 1 aromatic heterocycles. The number of rotatable bonds is 6. The van der Waals surface area contributed by atoms with Crippen molar-refractivity contribution in [3.8, 4) is 0 Å². The van der Waals surface area contributed by atoms with Crippen molar-refractivity contribution in [2.24, 2.45) is 7.05 Å². The molecule has 1 atom stereocenters. The molecule has 0 aliphatic carbocycles. The van der Waals surface area contributed by atoms with E-state index in [1.54, 1.807) is 48.5 Å². The number of nitrogens with zero attached hydrogens (tertiary/aromatic N) is 2. The molecule has 208 valence electrons. The summed E-state index contributed by atoms with van der Waals surface area (Å²) in [6, 6.07) is 23.6. The van der Waals surface area contributed by atoms with E-state index < -0.39 is 27.9 Å². The first-order valence-corrected chi connectivity index (χ1v) is 15.3. The average Bonchev–Trinajstić information content (AvgIpc) is 3.27. The zero-order chi connectivity index (χ0) is 28.9. The number of fused-ring (bicyclic) bond motifs is 4. The van der Waals surface area contributed by atoms with E-state index in [4.69, 9.17) is 0 Å². The van der Waals surface area contributed by atoms with Crippen LogP contribution in [0.1, 0.15) is 33.1 Å². The molecule has 6 rings (SSSR count). The van der Waals surface area contributed by atoms with E-state index in [2.05, 4.69) is 21.2 Å². The number of carboxylic acid groups (broad SMARTS) is 1. The molecule has 1 unspecified atom stereocenters. The highest BCUT2D eigenvalue weighted by atomic mass is 79.9. The van der Waals surface area contributed by atoms with Gasteiger partial charge in [0.05, 0.1) is 4.90 Å². The highest BCUT2D eigenvalue weighted by molar-refractivity contribution is 9.10. The van der Waals surface area contributed by atoms with E-state index >= 15 is 0 Å². The van der Waals surface area contributed by atoms with Crippen LogP contribution in [0.15, 0.2) is 94.3 Å². The Morgan fingerprint density at radius 1 is 0.927 bits per heavy atom. The van der Waals surface area contributed by atoms with Gasteiger partial charge in [-0.25, -0.2) is 13.2 Å². The zero-order valence-electron chi connectivity index (χ0n) is 22.0. The van der Waals surface area contributed by atoms with Crippen molar-refractivity contribution in [1.82, 2.24) is 14.2 Å². The van der Waals surface area contributed by atoms with Crippen molar-refractivity contribution < 1.29 is 23.1 Å². The number of aliphatic carboxylic acids is 1. The minimum atomic E-state index is -3.75. The second-order valence-electron chi connectivity index (χ2n) is 10.1. The Morgan fingerprint density at radius 2 is 1.68 bits per heavy atom. The number of halogens is 1. The van der Waals surface area contributed by atoms with Gasteiger partial charge >= 0.3 is 5.97 Å². The molecule has 0 fully saturated rings. The first-order chi connectivity index (χ1) is 19.6. The number of hydrogen-bond acceptors (Lipinski definition) is 4. The highest BCUT2D eigenvalue weighted by Crippen LogP contribution is 2.32. The number of aromatic nitrogens is 1. The number of amides is 1. The minimum absolute atomic E-state index is 0.105. The Balaban J connectivity index is 1.31. The number of sulfonamides is 1. The topological polar surface area (TPSA) is 109 Å². The molecule has 0 radical (unpaired) electrons. The molecule has 0 spiro atoms. The summed E-state index contributed by atoms with van der Waals surface area (Å²) < 4.78 is 30.7. The predicted molar refractivity (Wildman–Crippen MR) is 160 cm³/mol. The number of carboxylic acids is 1. The number of carbonyl (C=O) groups is 2. The van der Waals surface area contributed by atoms with Gasteiger partial charge in [-0.1, -0.05) is 64.5 Å². The maximum atomic E-state index is 13.6. The smallest absolute Gasteiger partial charge is 0.330 e. The lowest BCUT2D eigenvalue weighted by atomic mass is 9.95. The van der Waals surface area contributed by atoms with Crippen LogP contribution in [0, 0.1) is 0 Å². The molecule has 0 bridgehead atoms. The third kappa shape index (κ3) is 4.81. The minimum Gasteiger partial charge on any atom is -0.479 e. The molecular formula is C31H26BrN3O5S. The van der Waals surface area contributed by atoms with E-state index in [1.165, 1.54) is 4.31 Å². The molecule has 4 aromatic carbocycles. The van der Waals surface area contributed by atoms with E-state index in [0.717, 1.165) is 27.4 Å². The van der Waals surface area contributed by atoms with Crippen molar-refractivity contribution in [2.45, 2.75) is 23.9 Å². The molecule has 1 amide bonds. The Labute approximate surface area is 245 Å². The van der Waals surface area contributed by atoms with Crippen LogP contribution >= 0.6 is 15.9 Å². The van der Waals surface area contributed by atoms with Crippen LogP contribution < -0.4 is 5.32 Å².